The molecule has 2 saturated heterocycles. The molecule has 12 heteroatoms. The zero-order valence-corrected chi connectivity index (χ0v) is 23.8. The summed E-state index contributed by atoms with van der Waals surface area (Å²) in [5.74, 6) is -1.61. The predicted molar refractivity (Wildman–Crippen MR) is 148 cm³/mol. The average Bonchev–Trinajstić information content (AvgIpc) is 3.53. The molecular weight excluding hydrogens is 552 g/mol. The van der Waals surface area contributed by atoms with Crippen LogP contribution in [-0.4, -0.2) is 84.4 Å². The molecule has 3 aromatic rings. The minimum absolute atomic E-state index is 0.0200. The number of ketones is 1. The van der Waals surface area contributed by atoms with Crippen LogP contribution in [0.4, 0.5) is 0 Å². The number of benzene rings is 1. The van der Waals surface area contributed by atoms with Crippen LogP contribution in [0.25, 0.3) is 11.1 Å². The van der Waals surface area contributed by atoms with Crippen molar-refractivity contribution in [1.82, 2.24) is 19.2 Å². The number of nitrogens with zero attached hydrogens (tertiary/aromatic N) is 4. The Hall–Kier alpha value is -3.48. The highest BCUT2D eigenvalue weighted by atomic mass is 32.2. The standard InChI is InChI=1S/C28H30N4O6S2/c1-19(39(2,35)36)15-23(21-8-5-7-20(16-21)22-9-6-12-29-17-22)28(34)31-14-11-24-27(31)25(33)18-32(24)40(37,38)26-10-3-4-13-30-26/h3-10,12-13,16-17,19,23-24,27H,11,14-15,18H2,1-2H3. The van der Waals surface area contributed by atoms with Crippen LogP contribution in [0.3, 0.4) is 0 Å². The van der Waals surface area contributed by atoms with Crippen molar-refractivity contribution in [3.05, 3.63) is 78.8 Å². The van der Waals surface area contributed by atoms with E-state index in [9.17, 15) is 26.4 Å². The van der Waals surface area contributed by atoms with E-state index in [4.69, 9.17) is 0 Å². The Bertz CT molecular complexity index is 1630. The summed E-state index contributed by atoms with van der Waals surface area (Å²) in [6.07, 6.45) is 6.18. The number of sulfonamides is 1. The first kappa shape index (κ1) is 28.1. The van der Waals surface area contributed by atoms with E-state index in [2.05, 4.69) is 9.97 Å². The fourth-order valence-corrected chi connectivity index (χ4v) is 7.62. The second kappa shape index (κ2) is 10.8. The first-order valence-corrected chi connectivity index (χ1v) is 16.3. The van der Waals surface area contributed by atoms with Gasteiger partial charge in [0.05, 0.1) is 23.8 Å². The number of rotatable bonds is 8. The molecule has 4 heterocycles. The van der Waals surface area contributed by atoms with E-state index >= 15 is 0 Å². The van der Waals surface area contributed by atoms with Crippen molar-refractivity contribution in [2.45, 2.75) is 48.0 Å². The number of fused-ring (bicyclic) bond motifs is 1. The van der Waals surface area contributed by atoms with E-state index in [1.807, 2.05) is 18.2 Å². The SMILES string of the molecule is CC(CC(C(=O)N1CCC2C1C(=O)CN2S(=O)(=O)c1ccccn1)c1cccc(-c2cccnc2)c1)S(C)(=O)=O. The number of hydrogen-bond donors (Lipinski definition) is 0. The first-order chi connectivity index (χ1) is 19.0. The largest absolute Gasteiger partial charge is 0.330 e. The normalized spacial score (nSPS) is 21.2. The molecule has 40 heavy (non-hydrogen) atoms. The van der Waals surface area contributed by atoms with E-state index in [-0.39, 0.29) is 36.7 Å². The van der Waals surface area contributed by atoms with Crippen molar-refractivity contribution in [1.29, 1.82) is 0 Å². The molecule has 210 valence electrons. The summed E-state index contributed by atoms with van der Waals surface area (Å²) in [4.78, 5) is 36.9. The Morgan fingerprint density at radius 3 is 2.48 bits per heavy atom. The maximum Gasteiger partial charge on any atom is 0.261 e. The van der Waals surface area contributed by atoms with Gasteiger partial charge in [-0.3, -0.25) is 14.6 Å². The van der Waals surface area contributed by atoms with Crippen molar-refractivity contribution in [2.75, 3.05) is 19.3 Å². The maximum absolute atomic E-state index is 14.2. The van der Waals surface area contributed by atoms with E-state index in [0.717, 1.165) is 21.7 Å². The molecule has 0 bridgehead atoms. The number of carbonyl (C=O) groups is 2. The fourth-order valence-electron chi connectivity index (χ4n) is 5.52. The van der Waals surface area contributed by atoms with Crippen molar-refractivity contribution in [3.8, 4) is 11.1 Å². The number of hydrogen-bond acceptors (Lipinski definition) is 8. The van der Waals surface area contributed by atoms with Crippen molar-refractivity contribution >= 4 is 31.6 Å². The third-order valence-electron chi connectivity index (χ3n) is 7.75. The van der Waals surface area contributed by atoms with E-state index in [1.165, 1.54) is 17.2 Å². The van der Waals surface area contributed by atoms with Crippen LogP contribution in [-0.2, 0) is 29.4 Å². The number of aromatic nitrogens is 2. The van der Waals surface area contributed by atoms with Crippen LogP contribution in [0.1, 0.15) is 31.2 Å². The fraction of sp³-hybridized carbons (Fsp3) is 0.357. The number of amides is 1. The number of carbonyl (C=O) groups excluding carboxylic acids is 2. The molecule has 1 amide bonds. The lowest BCUT2D eigenvalue weighted by Gasteiger charge is -2.29. The predicted octanol–water partition coefficient (Wildman–Crippen LogP) is 2.29. The van der Waals surface area contributed by atoms with Gasteiger partial charge >= 0.3 is 0 Å². The van der Waals surface area contributed by atoms with E-state index in [0.29, 0.717) is 5.56 Å². The zero-order valence-electron chi connectivity index (χ0n) is 22.1. The van der Waals surface area contributed by atoms with Gasteiger partial charge in [-0.25, -0.2) is 21.8 Å². The van der Waals surface area contributed by atoms with Crippen molar-refractivity contribution in [3.63, 3.8) is 0 Å². The van der Waals surface area contributed by atoms with Crippen LogP contribution < -0.4 is 0 Å². The number of Topliss-reactive ketones (excluding diaryl/α,β-unsaturated/α-hetero) is 1. The average molecular weight is 583 g/mol. The molecule has 2 aliphatic rings. The van der Waals surface area contributed by atoms with Gasteiger partial charge in [0.2, 0.25) is 5.91 Å². The van der Waals surface area contributed by atoms with Crippen LogP contribution in [0.15, 0.2) is 78.2 Å². The van der Waals surface area contributed by atoms with Gasteiger partial charge in [-0.05, 0) is 54.7 Å². The third kappa shape index (κ3) is 5.30. The summed E-state index contributed by atoms with van der Waals surface area (Å²) >= 11 is 0. The second-order valence-electron chi connectivity index (χ2n) is 10.3. The Morgan fingerprint density at radius 1 is 1.02 bits per heavy atom. The molecule has 0 radical (unpaired) electrons. The highest BCUT2D eigenvalue weighted by molar-refractivity contribution is 7.91. The molecule has 10 nitrogen and oxygen atoms in total. The summed E-state index contributed by atoms with van der Waals surface area (Å²) in [7, 11) is -7.50. The molecule has 0 spiro atoms. The minimum Gasteiger partial charge on any atom is -0.330 e. The summed E-state index contributed by atoms with van der Waals surface area (Å²) in [6, 6.07) is 13.9. The highest BCUT2D eigenvalue weighted by Crippen LogP contribution is 2.37. The molecule has 0 N–H and O–H groups in total. The zero-order chi connectivity index (χ0) is 28.7. The van der Waals surface area contributed by atoms with Gasteiger partial charge < -0.3 is 4.90 Å². The first-order valence-electron chi connectivity index (χ1n) is 12.9. The van der Waals surface area contributed by atoms with E-state index < -0.39 is 49.0 Å². The highest BCUT2D eigenvalue weighted by Gasteiger charge is 2.54. The van der Waals surface area contributed by atoms with Crippen molar-refractivity contribution in [2.24, 2.45) is 0 Å². The van der Waals surface area contributed by atoms with Crippen LogP contribution >= 0.6 is 0 Å². The van der Waals surface area contributed by atoms with Gasteiger partial charge in [-0.15, -0.1) is 0 Å². The van der Waals surface area contributed by atoms with Crippen LogP contribution in [0.2, 0.25) is 0 Å². The number of likely N-dealkylation sites (tertiary alicyclic amines) is 1. The molecule has 4 unspecified atom stereocenters. The van der Waals surface area contributed by atoms with Gasteiger partial charge in [-0.1, -0.05) is 36.4 Å². The molecule has 2 fully saturated rings. The van der Waals surface area contributed by atoms with Crippen molar-refractivity contribution < 1.29 is 26.4 Å². The van der Waals surface area contributed by atoms with Gasteiger partial charge in [0.1, 0.15) is 15.9 Å². The summed E-state index contributed by atoms with van der Waals surface area (Å²) < 4.78 is 52.6. The molecule has 0 saturated carbocycles. The summed E-state index contributed by atoms with van der Waals surface area (Å²) in [5.41, 5.74) is 2.28. The Labute approximate surface area is 234 Å². The van der Waals surface area contributed by atoms with E-state index in [1.54, 1.807) is 49.6 Å². The van der Waals surface area contributed by atoms with Crippen LogP contribution in [0, 0.1) is 0 Å². The molecule has 2 aliphatic heterocycles. The summed E-state index contributed by atoms with van der Waals surface area (Å²) in [5, 5.41) is -0.970. The lowest BCUT2D eigenvalue weighted by molar-refractivity contribution is -0.137. The molecular formula is C28H30N4O6S2. The lowest BCUT2D eigenvalue weighted by Crippen LogP contribution is -2.45. The maximum atomic E-state index is 14.2. The molecule has 4 atom stereocenters. The Kier molecular flexibility index (Phi) is 7.60. The second-order valence-corrected chi connectivity index (χ2v) is 14.6. The minimum atomic E-state index is -4.04. The molecule has 5 rings (SSSR count). The van der Waals surface area contributed by atoms with Crippen LogP contribution in [0.5, 0.6) is 0 Å². The quantitative estimate of drug-likeness (QED) is 0.395. The number of pyridine rings is 2. The van der Waals surface area contributed by atoms with Gasteiger partial charge in [-0.2, -0.15) is 4.31 Å². The molecule has 0 aliphatic carbocycles. The summed E-state index contributed by atoms with van der Waals surface area (Å²) in [6.45, 7) is 1.40. The third-order valence-corrected chi connectivity index (χ3v) is 11.2. The lowest BCUT2D eigenvalue weighted by atomic mass is 9.90. The Balaban J connectivity index is 1.48. The van der Waals surface area contributed by atoms with Gasteiger partial charge in [0.25, 0.3) is 10.0 Å². The topological polar surface area (TPSA) is 135 Å². The van der Waals surface area contributed by atoms with Gasteiger partial charge in [0.15, 0.2) is 10.8 Å². The molecule has 2 aromatic heterocycles. The van der Waals surface area contributed by atoms with Gasteiger partial charge in [0, 0.05) is 31.4 Å². The smallest absolute Gasteiger partial charge is 0.261 e. The number of sulfone groups is 1. The molecule has 1 aromatic carbocycles. The monoisotopic (exact) mass is 582 g/mol. The Morgan fingerprint density at radius 2 is 1.80 bits per heavy atom.